The SMILES string of the molecule is COCCN(CCOC)C(c1ccccc1)c1sc2nc(C)nn2c1O. The Balaban J connectivity index is 2.06. The summed E-state index contributed by atoms with van der Waals surface area (Å²) in [5, 5.41) is 15.1. The van der Waals surface area contributed by atoms with Gasteiger partial charge in [0, 0.05) is 27.3 Å². The van der Waals surface area contributed by atoms with Crippen LogP contribution in [0.3, 0.4) is 0 Å². The van der Waals surface area contributed by atoms with Crippen molar-refractivity contribution in [2.24, 2.45) is 0 Å². The number of benzene rings is 1. The fourth-order valence-electron chi connectivity index (χ4n) is 2.98. The second kappa shape index (κ2) is 8.59. The van der Waals surface area contributed by atoms with Gasteiger partial charge in [0.25, 0.3) is 0 Å². The Morgan fingerprint density at radius 2 is 1.81 bits per heavy atom. The van der Waals surface area contributed by atoms with Crippen LogP contribution < -0.4 is 0 Å². The normalized spacial score (nSPS) is 12.9. The van der Waals surface area contributed by atoms with E-state index < -0.39 is 0 Å². The molecule has 1 aromatic carbocycles. The molecule has 26 heavy (non-hydrogen) atoms. The van der Waals surface area contributed by atoms with Crippen LogP contribution in [-0.4, -0.2) is 65.1 Å². The maximum Gasteiger partial charge on any atom is 0.230 e. The highest BCUT2D eigenvalue weighted by Gasteiger charge is 2.29. The van der Waals surface area contributed by atoms with Crippen molar-refractivity contribution in [3.05, 3.63) is 46.6 Å². The van der Waals surface area contributed by atoms with E-state index in [1.165, 1.54) is 15.9 Å². The summed E-state index contributed by atoms with van der Waals surface area (Å²) in [7, 11) is 3.38. The highest BCUT2D eigenvalue weighted by molar-refractivity contribution is 7.17. The highest BCUT2D eigenvalue weighted by Crippen LogP contribution is 2.39. The number of methoxy groups -OCH3 is 2. The number of ether oxygens (including phenoxy) is 2. The molecule has 0 saturated heterocycles. The van der Waals surface area contributed by atoms with Crippen molar-refractivity contribution < 1.29 is 14.6 Å². The standard InChI is InChI=1S/C18H24N4O3S/c1-13-19-18-22(20-13)17(23)16(26-18)15(14-7-5-4-6-8-14)21(9-11-24-2)10-12-25-3/h4-8,15,23H,9-12H2,1-3H3. The number of aryl methyl sites for hydroxylation is 1. The van der Waals surface area contributed by atoms with Crippen LogP contribution in [0.25, 0.3) is 4.96 Å². The molecule has 1 unspecified atom stereocenters. The molecule has 0 amide bonds. The minimum absolute atomic E-state index is 0.129. The first kappa shape index (κ1) is 18.8. The molecule has 3 rings (SSSR count). The zero-order chi connectivity index (χ0) is 18.5. The molecular weight excluding hydrogens is 352 g/mol. The molecule has 2 aromatic heterocycles. The number of hydrogen-bond acceptors (Lipinski definition) is 7. The fourth-order valence-corrected chi connectivity index (χ4v) is 4.14. The molecule has 2 heterocycles. The molecule has 8 heteroatoms. The Morgan fingerprint density at radius 1 is 1.15 bits per heavy atom. The Labute approximate surface area is 156 Å². The quantitative estimate of drug-likeness (QED) is 0.619. The lowest BCUT2D eigenvalue weighted by atomic mass is 10.0. The van der Waals surface area contributed by atoms with Crippen LogP contribution in [0, 0.1) is 6.92 Å². The smallest absolute Gasteiger partial charge is 0.230 e. The van der Waals surface area contributed by atoms with E-state index in [0.29, 0.717) is 37.1 Å². The number of hydrogen-bond donors (Lipinski definition) is 1. The van der Waals surface area contributed by atoms with E-state index in [1.54, 1.807) is 14.2 Å². The molecule has 7 nitrogen and oxygen atoms in total. The van der Waals surface area contributed by atoms with Crippen LogP contribution in [0.1, 0.15) is 22.3 Å². The number of thiazole rings is 1. The van der Waals surface area contributed by atoms with Gasteiger partial charge in [-0.3, -0.25) is 4.90 Å². The van der Waals surface area contributed by atoms with Crippen LogP contribution in [0.5, 0.6) is 5.88 Å². The first-order chi connectivity index (χ1) is 12.7. The average Bonchev–Trinajstić information content (AvgIpc) is 3.15. The monoisotopic (exact) mass is 376 g/mol. The summed E-state index contributed by atoms with van der Waals surface area (Å²) < 4.78 is 12.1. The highest BCUT2D eigenvalue weighted by atomic mass is 32.1. The lowest BCUT2D eigenvalue weighted by Gasteiger charge is -2.31. The van der Waals surface area contributed by atoms with Gasteiger partial charge in [0.2, 0.25) is 10.8 Å². The summed E-state index contributed by atoms with van der Waals surface area (Å²) in [6, 6.07) is 10.0. The topological polar surface area (TPSA) is 72.1 Å². The average molecular weight is 376 g/mol. The predicted molar refractivity (Wildman–Crippen MR) is 101 cm³/mol. The van der Waals surface area contributed by atoms with Gasteiger partial charge in [0.1, 0.15) is 5.82 Å². The molecule has 1 atom stereocenters. The van der Waals surface area contributed by atoms with E-state index in [1.807, 2.05) is 25.1 Å². The zero-order valence-corrected chi connectivity index (χ0v) is 16.1. The largest absolute Gasteiger partial charge is 0.492 e. The molecule has 0 aliphatic heterocycles. The van der Waals surface area contributed by atoms with Crippen molar-refractivity contribution in [1.29, 1.82) is 0 Å². The Hall–Kier alpha value is -2.00. The summed E-state index contributed by atoms with van der Waals surface area (Å²) in [6.45, 7) is 4.43. The molecule has 0 bridgehead atoms. The van der Waals surface area contributed by atoms with E-state index in [2.05, 4.69) is 27.1 Å². The number of fused-ring (bicyclic) bond motifs is 1. The third-order valence-electron chi connectivity index (χ3n) is 4.20. The Kier molecular flexibility index (Phi) is 6.20. The minimum Gasteiger partial charge on any atom is -0.492 e. The summed E-state index contributed by atoms with van der Waals surface area (Å²) in [5.41, 5.74) is 1.09. The zero-order valence-electron chi connectivity index (χ0n) is 15.3. The number of aromatic hydroxyl groups is 1. The molecule has 0 radical (unpaired) electrons. The van der Waals surface area contributed by atoms with Crippen molar-refractivity contribution in [2.75, 3.05) is 40.5 Å². The van der Waals surface area contributed by atoms with Gasteiger partial charge in [0.05, 0.1) is 24.1 Å². The van der Waals surface area contributed by atoms with E-state index in [4.69, 9.17) is 9.47 Å². The van der Waals surface area contributed by atoms with Crippen LogP contribution in [0.2, 0.25) is 0 Å². The second-order valence-corrected chi connectivity index (χ2v) is 6.99. The third kappa shape index (κ3) is 3.88. The second-order valence-electron chi connectivity index (χ2n) is 5.98. The number of nitrogens with zero attached hydrogens (tertiary/aromatic N) is 4. The molecule has 0 saturated carbocycles. The van der Waals surface area contributed by atoms with Crippen molar-refractivity contribution in [2.45, 2.75) is 13.0 Å². The molecule has 0 spiro atoms. The van der Waals surface area contributed by atoms with Crippen LogP contribution in [-0.2, 0) is 9.47 Å². The van der Waals surface area contributed by atoms with E-state index in [-0.39, 0.29) is 11.9 Å². The van der Waals surface area contributed by atoms with Gasteiger partial charge in [-0.1, -0.05) is 41.7 Å². The van der Waals surface area contributed by atoms with Gasteiger partial charge in [-0.05, 0) is 12.5 Å². The van der Waals surface area contributed by atoms with Crippen molar-refractivity contribution >= 4 is 16.3 Å². The van der Waals surface area contributed by atoms with Crippen LogP contribution in [0.15, 0.2) is 30.3 Å². The first-order valence-electron chi connectivity index (χ1n) is 8.47. The van der Waals surface area contributed by atoms with Gasteiger partial charge in [-0.2, -0.15) is 4.52 Å². The lowest BCUT2D eigenvalue weighted by Crippen LogP contribution is -2.35. The first-order valence-corrected chi connectivity index (χ1v) is 9.29. The van der Waals surface area contributed by atoms with Gasteiger partial charge in [-0.15, -0.1) is 5.10 Å². The fraction of sp³-hybridized carbons (Fsp3) is 0.444. The number of aromatic nitrogens is 3. The van der Waals surface area contributed by atoms with E-state index >= 15 is 0 Å². The lowest BCUT2D eigenvalue weighted by molar-refractivity contribution is 0.0973. The third-order valence-corrected chi connectivity index (χ3v) is 5.27. The predicted octanol–water partition coefficient (Wildman–Crippen LogP) is 2.49. The minimum atomic E-state index is -0.129. The van der Waals surface area contributed by atoms with Crippen LogP contribution >= 0.6 is 11.3 Å². The maximum atomic E-state index is 10.8. The summed E-state index contributed by atoms with van der Waals surface area (Å²) in [5.74, 6) is 0.782. The van der Waals surface area contributed by atoms with Gasteiger partial charge < -0.3 is 14.6 Å². The summed E-state index contributed by atoms with van der Waals surface area (Å²) in [6.07, 6.45) is 0. The summed E-state index contributed by atoms with van der Waals surface area (Å²) >= 11 is 1.46. The van der Waals surface area contributed by atoms with Crippen molar-refractivity contribution in [1.82, 2.24) is 19.5 Å². The number of rotatable bonds is 9. The molecule has 140 valence electrons. The maximum absolute atomic E-state index is 10.8. The molecule has 3 aromatic rings. The van der Waals surface area contributed by atoms with Gasteiger partial charge in [-0.25, -0.2) is 4.98 Å². The van der Waals surface area contributed by atoms with Gasteiger partial charge >= 0.3 is 0 Å². The molecule has 0 aliphatic carbocycles. The molecule has 1 N–H and O–H groups in total. The van der Waals surface area contributed by atoms with Crippen LogP contribution in [0.4, 0.5) is 0 Å². The molecule has 0 fully saturated rings. The molecular formula is C18H24N4O3S. The molecule has 0 aliphatic rings. The van der Waals surface area contributed by atoms with Crippen molar-refractivity contribution in [3.8, 4) is 5.88 Å². The Bertz CT molecular complexity index is 826. The van der Waals surface area contributed by atoms with E-state index in [9.17, 15) is 5.11 Å². The Morgan fingerprint density at radius 3 is 2.38 bits per heavy atom. The summed E-state index contributed by atoms with van der Waals surface area (Å²) in [4.78, 5) is 8.15. The van der Waals surface area contributed by atoms with Crippen molar-refractivity contribution in [3.63, 3.8) is 0 Å². The van der Waals surface area contributed by atoms with E-state index in [0.717, 1.165) is 10.4 Å². The van der Waals surface area contributed by atoms with Gasteiger partial charge in [0.15, 0.2) is 0 Å².